The third kappa shape index (κ3) is 4.40. The normalized spacial score (nSPS) is 10.4. The number of carbonyl (C=O) groups excluding carboxylic acids is 2. The number of esters is 1. The number of halogens is 1. The predicted octanol–water partition coefficient (Wildman–Crippen LogP) is 4.62. The number of hydrogen-bond acceptors (Lipinski definition) is 5. The molecule has 3 aromatic rings. The second kappa shape index (κ2) is 8.43. The number of rotatable bonds is 6. The topological polar surface area (TPSA) is 68.3 Å². The fourth-order valence-electron chi connectivity index (χ4n) is 2.68. The summed E-state index contributed by atoms with van der Waals surface area (Å²) in [6, 6.07) is 14.6. The molecule has 0 bridgehead atoms. The molecule has 142 valence electrons. The van der Waals surface area contributed by atoms with Gasteiger partial charge in [0.05, 0.1) is 5.69 Å². The summed E-state index contributed by atoms with van der Waals surface area (Å²) in [6.45, 7) is 3.32. The van der Waals surface area contributed by atoms with Gasteiger partial charge in [-0.05, 0) is 49.7 Å². The molecule has 0 unspecified atom stereocenters. The highest BCUT2D eigenvalue weighted by Gasteiger charge is 2.18. The maximum Gasteiger partial charge on any atom is 0.342 e. The van der Waals surface area contributed by atoms with Crippen molar-refractivity contribution in [2.24, 2.45) is 0 Å². The van der Waals surface area contributed by atoms with E-state index in [2.05, 4.69) is 10.3 Å². The molecular formula is C22H19FN2O3. The van der Waals surface area contributed by atoms with Gasteiger partial charge >= 0.3 is 5.97 Å². The molecule has 0 saturated carbocycles. The lowest BCUT2D eigenvalue weighted by Gasteiger charge is -2.11. The van der Waals surface area contributed by atoms with E-state index in [4.69, 9.17) is 4.74 Å². The van der Waals surface area contributed by atoms with E-state index in [9.17, 15) is 14.0 Å². The van der Waals surface area contributed by atoms with Crippen LogP contribution in [0.4, 0.5) is 15.9 Å². The van der Waals surface area contributed by atoms with Gasteiger partial charge in [0.1, 0.15) is 17.2 Å². The number of pyridine rings is 1. The van der Waals surface area contributed by atoms with E-state index in [1.54, 1.807) is 24.3 Å². The van der Waals surface area contributed by atoms with Crippen molar-refractivity contribution in [1.82, 2.24) is 4.98 Å². The molecule has 0 fully saturated rings. The van der Waals surface area contributed by atoms with Crippen LogP contribution in [0.3, 0.4) is 0 Å². The van der Waals surface area contributed by atoms with Gasteiger partial charge in [0.15, 0.2) is 6.61 Å². The van der Waals surface area contributed by atoms with Gasteiger partial charge in [0.2, 0.25) is 5.78 Å². The minimum Gasteiger partial charge on any atom is -0.454 e. The number of anilines is 2. The zero-order valence-electron chi connectivity index (χ0n) is 15.5. The number of Topliss-reactive ketones (excluding diaryl/α,β-unsaturated/α-hetero) is 1. The quantitative estimate of drug-likeness (QED) is 0.501. The van der Waals surface area contributed by atoms with E-state index in [-0.39, 0.29) is 22.9 Å². The first-order valence-electron chi connectivity index (χ1n) is 8.70. The van der Waals surface area contributed by atoms with E-state index in [1.165, 1.54) is 24.4 Å². The molecule has 0 aliphatic carbocycles. The highest BCUT2D eigenvalue weighted by molar-refractivity contribution is 6.01. The van der Waals surface area contributed by atoms with Crippen molar-refractivity contribution in [3.63, 3.8) is 0 Å². The van der Waals surface area contributed by atoms with Crippen molar-refractivity contribution >= 4 is 23.3 Å². The number of aromatic nitrogens is 1. The average Bonchev–Trinajstić information content (AvgIpc) is 2.70. The van der Waals surface area contributed by atoms with Crippen LogP contribution in [0.25, 0.3) is 0 Å². The Bertz CT molecular complexity index is 1030. The number of hydrogen-bond donors (Lipinski definition) is 1. The van der Waals surface area contributed by atoms with Crippen LogP contribution in [0, 0.1) is 19.7 Å². The largest absolute Gasteiger partial charge is 0.454 e. The van der Waals surface area contributed by atoms with Crippen molar-refractivity contribution in [3.8, 4) is 0 Å². The summed E-state index contributed by atoms with van der Waals surface area (Å²) in [4.78, 5) is 29.0. The summed E-state index contributed by atoms with van der Waals surface area (Å²) in [5.74, 6) is -1.33. The molecule has 6 heteroatoms. The zero-order chi connectivity index (χ0) is 20.1. The van der Waals surface area contributed by atoms with Crippen LogP contribution in [-0.2, 0) is 4.74 Å². The van der Waals surface area contributed by atoms with E-state index in [0.29, 0.717) is 5.56 Å². The third-order valence-corrected chi connectivity index (χ3v) is 4.18. The molecule has 1 aromatic heterocycles. The van der Waals surface area contributed by atoms with Crippen LogP contribution in [0.15, 0.2) is 60.8 Å². The molecule has 1 N–H and O–H groups in total. The Morgan fingerprint density at radius 1 is 1.04 bits per heavy atom. The Morgan fingerprint density at radius 2 is 1.82 bits per heavy atom. The van der Waals surface area contributed by atoms with Crippen LogP contribution >= 0.6 is 0 Å². The van der Waals surface area contributed by atoms with Gasteiger partial charge in [-0.1, -0.05) is 29.8 Å². The fraction of sp³-hybridized carbons (Fsp3) is 0.136. The van der Waals surface area contributed by atoms with Gasteiger partial charge in [-0.25, -0.2) is 14.2 Å². The Labute approximate surface area is 162 Å². The molecule has 5 nitrogen and oxygen atoms in total. The molecule has 0 spiro atoms. The smallest absolute Gasteiger partial charge is 0.342 e. The average molecular weight is 378 g/mol. The summed E-state index contributed by atoms with van der Waals surface area (Å²) in [5.41, 5.74) is 2.57. The second-order valence-electron chi connectivity index (χ2n) is 6.32. The number of benzene rings is 2. The van der Waals surface area contributed by atoms with Crippen LogP contribution in [0.2, 0.25) is 0 Å². The van der Waals surface area contributed by atoms with Crippen molar-refractivity contribution in [2.45, 2.75) is 13.8 Å². The van der Waals surface area contributed by atoms with Gasteiger partial charge < -0.3 is 10.1 Å². The van der Waals surface area contributed by atoms with E-state index in [1.807, 2.05) is 26.0 Å². The van der Waals surface area contributed by atoms with Gasteiger partial charge in [0.25, 0.3) is 0 Å². The number of nitrogens with zero attached hydrogens (tertiary/aromatic N) is 1. The minimum atomic E-state index is -0.717. The van der Waals surface area contributed by atoms with E-state index in [0.717, 1.165) is 11.1 Å². The third-order valence-electron chi connectivity index (χ3n) is 4.18. The van der Waals surface area contributed by atoms with Crippen LogP contribution < -0.4 is 5.32 Å². The Kier molecular flexibility index (Phi) is 5.79. The summed E-state index contributed by atoms with van der Waals surface area (Å²) in [7, 11) is 0. The molecule has 2 aromatic carbocycles. The van der Waals surface area contributed by atoms with Gasteiger partial charge in [-0.3, -0.25) is 4.79 Å². The molecule has 3 rings (SSSR count). The first kappa shape index (κ1) is 19.2. The van der Waals surface area contributed by atoms with Crippen LogP contribution in [0.1, 0.15) is 31.8 Å². The minimum absolute atomic E-state index is 0.111. The number of aryl methyl sites for hydroxylation is 2. The molecular weight excluding hydrogens is 359 g/mol. The number of carbonyl (C=O) groups is 2. The maximum absolute atomic E-state index is 13.9. The molecule has 28 heavy (non-hydrogen) atoms. The Morgan fingerprint density at radius 3 is 2.61 bits per heavy atom. The van der Waals surface area contributed by atoms with Gasteiger partial charge in [0, 0.05) is 11.8 Å². The van der Waals surface area contributed by atoms with Crippen molar-refractivity contribution in [3.05, 3.63) is 88.9 Å². The Hall–Kier alpha value is -3.54. The summed E-state index contributed by atoms with van der Waals surface area (Å²) < 4.78 is 19.1. The number of para-hydroxylation sites is 1. The Balaban J connectivity index is 1.74. The van der Waals surface area contributed by atoms with Crippen molar-refractivity contribution in [1.29, 1.82) is 0 Å². The summed E-state index contributed by atoms with van der Waals surface area (Å²) in [5, 5.41) is 2.79. The second-order valence-corrected chi connectivity index (χ2v) is 6.32. The molecule has 0 aliphatic rings. The molecule has 0 radical (unpaired) electrons. The predicted molar refractivity (Wildman–Crippen MR) is 104 cm³/mol. The monoisotopic (exact) mass is 378 g/mol. The maximum atomic E-state index is 13.9. The lowest BCUT2D eigenvalue weighted by molar-refractivity contribution is 0.0475. The number of nitrogens with one attached hydrogen (secondary N) is 1. The molecule has 1 heterocycles. The number of ether oxygens (including phenoxy) is 1. The van der Waals surface area contributed by atoms with Crippen LogP contribution in [0.5, 0.6) is 0 Å². The molecule has 0 amide bonds. The summed E-state index contributed by atoms with van der Waals surface area (Å²) in [6.07, 6.45) is 1.47. The SMILES string of the molecule is Cc1ccc(C)c(C(=O)COC(=O)c2cccnc2Nc2ccccc2F)c1. The molecule has 0 atom stereocenters. The van der Waals surface area contributed by atoms with E-state index >= 15 is 0 Å². The lowest BCUT2D eigenvalue weighted by Crippen LogP contribution is -2.16. The molecule has 0 aliphatic heterocycles. The fourth-order valence-corrected chi connectivity index (χ4v) is 2.68. The highest BCUT2D eigenvalue weighted by atomic mass is 19.1. The highest BCUT2D eigenvalue weighted by Crippen LogP contribution is 2.21. The van der Waals surface area contributed by atoms with Crippen molar-refractivity contribution < 1.29 is 18.7 Å². The van der Waals surface area contributed by atoms with Crippen LogP contribution in [-0.4, -0.2) is 23.3 Å². The lowest BCUT2D eigenvalue weighted by atomic mass is 10.0. The van der Waals surface area contributed by atoms with Gasteiger partial charge in [-0.15, -0.1) is 0 Å². The van der Waals surface area contributed by atoms with Crippen molar-refractivity contribution in [2.75, 3.05) is 11.9 Å². The molecule has 0 saturated heterocycles. The summed E-state index contributed by atoms with van der Waals surface area (Å²) >= 11 is 0. The first-order chi connectivity index (χ1) is 13.5. The standard InChI is InChI=1S/C22H19FN2O3/c1-14-9-10-15(2)17(12-14)20(26)13-28-22(27)16-6-5-11-24-21(16)25-19-8-4-3-7-18(19)23/h3-12H,13H2,1-2H3,(H,24,25). The van der Waals surface area contributed by atoms with Gasteiger partial charge in [-0.2, -0.15) is 0 Å². The van der Waals surface area contributed by atoms with E-state index < -0.39 is 18.4 Å². The zero-order valence-corrected chi connectivity index (χ0v) is 15.5. The first-order valence-corrected chi connectivity index (χ1v) is 8.70. The number of ketones is 1.